The van der Waals surface area contributed by atoms with Gasteiger partial charge >= 0.3 is 0 Å². The molecule has 0 spiro atoms. The second-order valence-corrected chi connectivity index (χ2v) is 5.20. The summed E-state index contributed by atoms with van der Waals surface area (Å²) < 4.78 is 33.0. The third kappa shape index (κ3) is 3.85. The van der Waals surface area contributed by atoms with Crippen LogP contribution in [-0.4, -0.2) is 12.1 Å². The Bertz CT molecular complexity index is 633. The Hall–Kier alpha value is -1.88. The highest BCUT2D eigenvalue weighted by Gasteiger charge is 2.32. The zero-order chi connectivity index (χ0) is 16.2. The molecule has 0 aliphatic rings. The molecule has 0 radical (unpaired) electrons. The van der Waals surface area contributed by atoms with Crippen molar-refractivity contribution in [1.82, 2.24) is 4.98 Å². The maximum Gasteiger partial charge on any atom is 0.276 e. The summed E-state index contributed by atoms with van der Waals surface area (Å²) in [6, 6.07) is 8.79. The molecule has 1 aromatic carbocycles. The van der Waals surface area contributed by atoms with Gasteiger partial charge in [-0.25, -0.2) is 13.8 Å². The average molecular weight is 327 g/mol. The van der Waals surface area contributed by atoms with Gasteiger partial charge in [-0.3, -0.25) is 0 Å². The minimum Gasteiger partial charge on any atom is -0.497 e. The van der Waals surface area contributed by atoms with E-state index in [0.29, 0.717) is 12.2 Å². The minimum absolute atomic E-state index is 0.145. The number of hydrogen-bond donors (Lipinski definition) is 1. The summed E-state index contributed by atoms with van der Waals surface area (Å²) in [7, 11) is 1.59. The first-order chi connectivity index (χ1) is 10.5. The highest BCUT2D eigenvalue weighted by atomic mass is 35.5. The van der Waals surface area contributed by atoms with Crippen LogP contribution >= 0.6 is 11.6 Å². The fourth-order valence-electron chi connectivity index (χ4n) is 2.00. The molecular weight excluding hydrogens is 310 g/mol. The number of rotatable bonds is 6. The highest BCUT2D eigenvalue weighted by Crippen LogP contribution is 2.36. The summed E-state index contributed by atoms with van der Waals surface area (Å²) in [4.78, 5) is 3.76. The van der Waals surface area contributed by atoms with Gasteiger partial charge in [-0.15, -0.1) is 0 Å². The molecular formula is C16H17ClF2N2O. The SMILES string of the molecule is CCC(F)(F)c1cnc(Cl)cc1NCc1ccc(OC)cc1. The fraction of sp³-hybridized carbons (Fsp3) is 0.312. The highest BCUT2D eigenvalue weighted by molar-refractivity contribution is 6.29. The maximum atomic E-state index is 14.0. The van der Waals surface area contributed by atoms with Crippen molar-refractivity contribution in [3.05, 3.63) is 52.8 Å². The van der Waals surface area contributed by atoms with Crippen molar-refractivity contribution < 1.29 is 13.5 Å². The molecule has 0 fully saturated rings. The van der Waals surface area contributed by atoms with Gasteiger partial charge in [-0.2, -0.15) is 0 Å². The van der Waals surface area contributed by atoms with E-state index in [4.69, 9.17) is 16.3 Å². The van der Waals surface area contributed by atoms with Crippen LogP contribution in [0, 0.1) is 0 Å². The van der Waals surface area contributed by atoms with Crippen molar-refractivity contribution >= 4 is 17.3 Å². The van der Waals surface area contributed by atoms with Gasteiger partial charge in [0.25, 0.3) is 5.92 Å². The summed E-state index contributed by atoms with van der Waals surface area (Å²) in [6.45, 7) is 1.83. The number of nitrogens with one attached hydrogen (secondary N) is 1. The molecule has 0 aliphatic carbocycles. The number of anilines is 1. The molecule has 6 heteroatoms. The van der Waals surface area contributed by atoms with Gasteiger partial charge in [0.1, 0.15) is 10.9 Å². The van der Waals surface area contributed by atoms with Crippen LogP contribution < -0.4 is 10.1 Å². The number of benzene rings is 1. The molecule has 0 saturated carbocycles. The van der Waals surface area contributed by atoms with E-state index in [2.05, 4.69) is 10.3 Å². The van der Waals surface area contributed by atoms with Gasteiger partial charge in [0, 0.05) is 24.8 Å². The zero-order valence-corrected chi connectivity index (χ0v) is 13.1. The molecule has 0 atom stereocenters. The van der Waals surface area contributed by atoms with Crippen molar-refractivity contribution in [3.8, 4) is 5.75 Å². The van der Waals surface area contributed by atoms with Crippen molar-refractivity contribution in [2.24, 2.45) is 0 Å². The molecule has 0 saturated heterocycles. The van der Waals surface area contributed by atoms with Gasteiger partial charge in [0.15, 0.2) is 0 Å². The van der Waals surface area contributed by atoms with Crippen molar-refractivity contribution in [3.63, 3.8) is 0 Å². The summed E-state index contributed by atoms with van der Waals surface area (Å²) in [5.74, 6) is -2.20. The lowest BCUT2D eigenvalue weighted by molar-refractivity contribution is -0.00788. The number of aromatic nitrogens is 1. The zero-order valence-electron chi connectivity index (χ0n) is 12.4. The Morgan fingerprint density at radius 2 is 1.95 bits per heavy atom. The van der Waals surface area contributed by atoms with E-state index < -0.39 is 5.92 Å². The molecule has 0 unspecified atom stereocenters. The molecule has 0 amide bonds. The molecule has 0 bridgehead atoms. The fourth-order valence-corrected chi connectivity index (χ4v) is 2.16. The van der Waals surface area contributed by atoms with Gasteiger partial charge in [0.2, 0.25) is 0 Å². The van der Waals surface area contributed by atoms with Gasteiger partial charge < -0.3 is 10.1 Å². The van der Waals surface area contributed by atoms with E-state index in [9.17, 15) is 8.78 Å². The summed E-state index contributed by atoms with van der Waals surface area (Å²) in [6.07, 6.45) is 0.829. The van der Waals surface area contributed by atoms with E-state index >= 15 is 0 Å². The number of pyridine rings is 1. The number of alkyl halides is 2. The van der Waals surface area contributed by atoms with E-state index in [-0.39, 0.29) is 17.1 Å². The Balaban J connectivity index is 2.19. The monoisotopic (exact) mass is 326 g/mol. The number of hydrogen-bond acceptors (Lipinski definition) is 3. The number of halogens is 3. The van der Waals surface area contributed by atoms with Crippen molar-refractivity contribution in [2.45, 2.75) is 25.8 Å². The Labute approximate surface area is 133 Å². The van der Waals surface area contributed by atoms with Crippen molar-refractivity contribution in [2.75, 3.05) is 12.4 Å². The maximum absolute atomic E-state index is 14.0. The van der Waals surface area contributed by atoms with Crippen LogP contribution in [0.4, 0.5) is 14.5 Å². The normalized spacial score (nSPS) is 11.3. The topological polar surface area (TPSA) is 34.2 Å². The predicted molar refractivity (Wildman–Crippen MR) is 83.8 cm³/mol. The van der Waals surface area contributed by atoms with Crippen molar-refractivity contribution in [1.29, 1.82) is 0 Å². The first kappa shape index (κ1) is 16.5. The molecule has 118 valence electrons. The van der Waals surface area contributed by atoms with Crippen LogP contribution in [0.25, 0.3) is 0 Å². The first-order valence-corrected chi connectivity index (χ1v) is 7.24. The van der Waals surface area contributed by atoms with E-state index in [0.717, 1.165) is 17.5 Å². The van der Waals surface area contributed by atoms with Crippen LogP contribution in [0.5, 0.6) is 5.75 Å². The van der Waals surface area contributed by atoms with E-state index in [1.54, 1.807) is 7.11 Å². The Morgan fingerprint density at radius 1 is 1.27 bits per heavy atom. The predicted octanol–water partition coefficient (Wildman–Crippen LogP) is 4.86. The lowest BCUT2D eigenvalue weighted by Gasteiger charge is -2.19. The standard InChI is InChI=1S/C16H17ClF2N2O/c1-3-16(18,19)13-10-21-15(17)8-14(13)20-9-11-4-6-12(22-2)7-5-11/h4-8,10H,3,9H2,1-2H3,(H,20,21). The molecule has 22 heavy (non-hydrogen) atoms. The quantitative estimate of drug-likeness (QED) is 0.770. The summed E-state index contributed by atoms with van der Waals surface area (Å²) in [5, 5.41) is 3.18. The second kappa shape index (κ2) is 6.92. The van der Waals surface area contributed by atoms with Gasteiger partial charge in [-0.05, 0) is 23.8 Å². The smallest absolute Gasteiger partial charge is 0.276 e. The van der Waals surface area contributed by atoms with Crippen LogP contribution in [0.15, 0.2) is 36.5 Å². The van der Waals surface area contributed by atoms with Crippen LogP contribution in [0.2, 0.25) is 5.15 Å². The van der Waals surface area contributed by atoms with Gasteiger partial charge in [0.05, 0.1) is 12.7 Å². The molecule has 3 nitrogen and oxygen atoms in total. The minimum atomic E-state index is -2.94. The molecule has 2 aromatic rings. The number of methoxy groups -OCH3 is 1. The van der Waals surface area contributed by atoms with Crippen LogP contribution in [0.1, 0.15) is 24.5 Å². The van der Waals surface area contributed by atoms with Crippen LogP contribution in [0.3, 0.4) is 0 Å². The molecule has 0 aliphatic heterocycles. The molecule has 1 heterocycles. The average Bonchev–Trinajstić information content (AvgIpc) is 2.53. The largest absolute Gasteiger partial charge is 0.497 e. The lowest BCUT2D eigenvalue weighted by atomic mass is 10.1. The Kier molecular flexibility index (Phi) is 5.19. The second-order valence-electron chi connectivity index (χ2n) is 4.81. The Morgan fingerprint density at radius 3 is 2.55 bits per heavy atom. The number of ether oxygens (including phenoxy) is 1. The molecule has 1 N–H and O–H groups in total. The molecule has 2 rings (SSSR count). The number of nitrogens with zero attached hydrogens (tertiary/aromatic N) is 1. The third-order valence-corrected chi connectivity index (χ3v) is 3.56. The summed E-state index contributed by atoms with van der Waals surface area (Å²) >= 11 is 5.82. The first-order valence-electron chi connectivity index (χ1n) is 6.87. The molecule has 1 aromatic heterocycles. The van der Waals surface area contributed by atoms with Crippen LogP contribution in [-0.2, 0) is 12.5 Å². The summed E-state index contributed by atoms with van der Waals surface area (Å²) in [5.41, 5.74) is 1.09. The van der Waals surface area contributed by atoms with E-state index in [1.807, 2.05) is 24.3 Å². The van der Waals surface area contributed by atoms with E-state index in [1.165, 1.54) is 13.0 Å². The van der Waals surface area contributed by atoms with Gasteiger partial charge in [-0.1, -0.05) is 30.7 Å². The third-order valence-electron chi connectivity index (χ3n) is 3.35. The lowest BCUT2D eigenvalue weighted by Crippen LogP contribution is -2.15.